The topological polar surface area (TPSA) is 48.4 Å². The number of carbonyl (C=O) groups excluding carboxylic acids is 1. The van der Waals surface area contributed by atoms with Crippen molar-refractivity contribution in [2.45, 2.75) is 51.6 Å². The van der Waals surface area contributed by atoms with Crippen molar-refractivity contribution < 1.29 is 14.3 Å². The molecule has 0 unspecified atom stereocenters. The molecule has 0 N–H and O–H groups in total. The molecule has 0 saturated heterocycles. The normalized spacial score (nSPS) is 15.2. The average Bonchev–Trinajstić information content (AvgIpc) is 3.05. The lowest BCUT2D eigenvalue weighted by Crippen LogP contribution is -2.22. The van der Waals surface area contributed by atoms with Crippen LogP contribution in [0, 0.1) is 0 Å². The van der Waals surface area contributed by atoms with E-state index < -0.39 is 0 Å². The smallest absolute Gasteiger partial charge is 0.312 e. The first-order valence-corrected chi connectivity index (χ1v) is 9.49. The summed E-state index contributed by atoms with van der Waals surface area (Å²) in [5.74, 6) is 0.694. The zero-order valence-electron chi connectivity index (χ0n) is 14.0. The van der Waals surface area contributed by atoms with Gasteiger partial charge in [0.25, 0.3) is 0 Å². The molecule has 0 spiro atoms. The molecule has 1 saturated carbocycles. The number of carbonyl (C=O) groups is 1. The second-order valence-corrected chi connectivity index (χ2v) is 6.89. The molecule has 1 aromatic carbocycles. The maximum Gasteiger partial charge on any atom is 0.312 e. The maximum atomic E-state index is 12.1. The van der Waals surface area contributed by atoms with Crippen LogP contribution in [0.4, 0.5) is 0 Å². The lowest BCUT2D eigenvalue weighted by atomic mass is 9.98. The molecule has 5 heteroatoms. The SMILES string of the molecule is CCOc1ccc(-c2nc(CC(=O)OC3CCCCC3)cs2)cc1. The van der Waals surface area contributed by atoms with Gasteiger partial charge in [-0.05, 0) is 56.9 Å². The summed E-state index contributed by atoms with van der Waals surface area (Å²) in [5, 5.41) is 2.85. The molecule has 0 radical (unpaired) electrons. The van der Waals surface area contributed by atoms with Crippen LogP contribution in [0.1, 0.15) is 44.7 Å². The van der Waals surface area contributed by atoms with Gasteiger partial charge in [0.1, 0.15) is 16.9 Å². The first-order chi connectivity index (χ1) is 11.7. The number of benzene rings is 1. The van der Waals surface area contributed by atoms with Crippen LogP contribution in [0.5, 0.6) is 5.75 Å². The Morgan fingerprint density at radius 3 is 2.67 bits per heavy atom. The van der Waals surface area contributed by atoms with Crippen molar-refractivity contribution in [2.24, 2.45) is 0 Å². The zero-order valence-corrected chi connectivity index (χ0v) is 14.8. The van der Waals surface area contributed by atoms with Crippen LogP contribution in [-0.2, 0) is 16.0 Å². The number of esters is 1. The van der Waals surface area contributed by atoms with Crippen LogP contribution in [0.3, 0.4) is 0 Å². The Labute approximate surface area is 146 Å². The molecule has 1 heterocycles. The number of nitrogens with zero attached hydrogens (tertiary/aromatic N) is 1. The minimum Gasteiger partial charge on any atom is -0.494 e. The number of rotatable bonds is 6. The van der Waals surface area contributed by atoms with E-state index in [9.17, 15) is 4.79 Å². The van der Waals surface area contributed by atoms with Gasteiger partial charge in [-0.25, -0.2) is 4.98 Å². The summed E-state index contributed by atoms with van der Waals surface area (Å²) < 4.78 is 11.0. The highest BCUT2D eigenvalue weighted by molar-refractivity contribution is 7.13. The number of hydrogen-bond donors (Lipinski definition) is 0. The van der Waals surface area contributed by atoms with Crippen LogP contribution in [0.15, 0.2) is 29.6 Å². The number of ether oxygens (including phenoxy) is 2. The molecular weight excluding hydrogens is 322 g/mol. The summed E-state index contributed by atoms with van der Waals surface area (Å²) in [5.41, 5.74) is 1.82. The van der Waals surface area contributed by atoms with Crippen LogP contribution >= 0.6 is 11.3 Å². The van der Waals surface area contributed by atoms with Crippen LogP contribution in [-0.4, -0.2) is 23.7 Å². The van der Waals surface area contributed by atoms with Gasteiger partial charge in [0.05, 0.1) is 18.7 Å². The monoisotopic (exact) mass is 345 g/mol. The molecule has 3 rings (SSSR count). The van der Waals surface area contributed by atoms with E-state index in [1.54, 1.807) is 11.3 Å². The van der Waals surface area contributed by atoms with Gasteiger partial charge in [-0.15, -0.1) is 11.3 Å². The van der Waals surface area contributed by atoms with E-state index in [0.717, 1.165) is 47.7 Å². The fourth-order valence-corrected chi connectivity index (χ4v) is 3.77. The van der Waals surface area contributed by atoms with Crippen molar-refractivity contribution >= 4 is 17.3 Å². The fourth-order valence-electron chi connectivity index (χ4n) is 2.94. The van der Waals surface area contributed by atoms with Crippen molar-refractivity contribution in [2.75, 3.05) is 6.61 Å². The minimum atomic E-state index is -0.162. The first kappa shape index (κ1) is 17.0. The van der Waals surface area contributed by atoms with Gasteiger partial charge in [-0.1, -0.05) is 6.42 Å². The van der Waals surface area contributed by atoms with Crippen molar-refractivity contribution in [1.29, 1.82) is 0 Å². The zero-order chi connectivity index (χ0) is 16.8. The van der Waals surface area contributed by atoms with Crippen molar-refractivity contribution in [3.05, 3.63) is 35.3 Å². The lowest BCUT2D eigenvalue weighted by molar-refractivity contribution is -0.149. The third kappa shape index (κ3) is 4.57. The molecule has 1 aliphatic rings. The summed E-state index contributed by atoms with van der Waals surface area (Å²) in [6.07, 6.45) is 5.94. The van der Waals surface area contributed by atoms with Crippen molar-refractivity contribution in [3.8, 4) is 16.3 Å². The van der Waals surface area contributed by atoms with Gasteiger partial charge in [0, 0.05) is 10.9 Å². The van der Waals surface area contributed by atoms with E-state index in [1.165, 1.54) is 6.42 Å². The molecule has 1 aliphatic carbocycles. The number of thiazole rings is 1. The predicted octanol–water partition coefficient (Wildman–Crippen LogP) is 4.63. The third-order valence-corrected chi connectivity index (χ3v) is 5.08. The average molecular weight is 345 g/mol. The summed E-state index contributed by atoms with van der Waals surface area (Å²) in [4.78, 5) is 16.6. The summed E-state index contributed by atoms with van der Waals surface area (Å²) in [7, 11) is 0. The third-order valence-electron chi connectivity index (χ3n) is 4.14. The molecule has 1 fully saturated rings. The Balaban J connectivity index is 1.57. The summed E-state index contributed by atoms with van der Waals surface area (Å²) >= 11 is 1.55. The first-order valence-electron chi connectivity index (χ1n) is 8.61. The largest absolute Gasteiger partial charge is 0.494 e. The Kier molecular flexibility index (Phi) is 5.86. The molecule has 1 aromatic heterocycles. The van der Waals surface area contributed by atoms with Crippen molar-refractivity contribution in [1.82, 2.24) is 4.98 Å². The maximum absolute atomic E-state index is 12.1. The molecule has 0 bridgehead atoms. The van der Waals surface area contributed by atoms with Gasteiger partial charge in [-0.3, -0.25) is 4.79 Å². The molecular formula is C19H23NO3S. The molecule has 128 valence electrons. The molecule has 4 nitrogen and oxygen atoms in total. The van der Waals surface area contributed by atoms with Gasteiger partial charge < -0.3 is 9.47 Å². The Bertz CT molecular complexity index is 660. The van der Waals surface area contributed by atoms with E-state index in [-0.39, 0.29) is 18.5 Å². The second-order valence-electron chi connectivity index (χ2n) is 6.03. The Morgan fingerprint density at radius 1 is 1.21 bits per heavy atom. The van der Waals surface area contributed by atoms with Gasteiger partial charge in [0.15, 0.2) is 0 Å². The van der Waals surface area contributed by atoms with E-state index >= 15 is 0 Å². The van der Waals surface area contributed by atoms with E-state index in [2.05, 4.69) is 4.98 Å². The number of aromatic nitrogens is 1. The van der Waals surface area contributed by atoms with Crippen LogP contribution < -0.4 is 4.74 Å². The van der Waals surface area contributed by atoms with Gasteiger partial charge in [-0.2, -0.15) is 0 Å². The summed E-state index contributed by atoms with van der Waals surface area (Å²) in [6.45, 7) is 2.62. The van der Waals surface area contributed by atoms with Crippen LogP contribution in [0.25, 0.3) is 10.6 Å². The van der Waals surface area contributed by atoms with Gasteiger partial charge >= 0.3 is 5.97 Å². The highest BCUT2D eigenvalue weighted by atomic mass is 32.1. The minimum absolute atomic E-state index is 0.107. The molecule has 0 atom stereocenters. The van der Waals surface area contributed by atoms with Gasteiger partial charge in [0.2, 0.25) is 0 Å². The molecule has 0 amide bonds. The molecule has 0 aliphatic heterocycles. The van der Waals surface area contributed by atoms with Crippen LogP contribution in [0.2, 0.25) is 0 Å². The number of hydrogen-bond acceptors (Lipinski definition) is 5. The highest BCUT2D eigenvalue weighted by Crippen LogP contribution is 2.26. The Morgan fingerprint density at radius 2 is 1.96 bits per heavy atom. The fraction of sp³-hybridized carbons (Fsp3) is 0.474. The lowest BCUT2D eigenvalue weighted by Gasteiger charge is -2.21. The standard InChI is InChI=1S/C19H23NO3S/c1-2-22-16-10-8-14(9-11-16)19-20-15(13-24-19)12-18(21)23-17-6-4-3-5-7-17/h8-11,13,17H,2-7,12H2,1H3. The predicted molar refractivity (Wildman–Crippen MR) is 95.4 cm³/mol. The Hall–Kier alpha value is -1.88. The summed E-state index contributed by atoms with van der Waals surface area (Å²) in [6, 6.07) is 7.87. The highest BCUT2D eigenvalue weighted by Gasteiger charge is 2.18. The van der Waals surface area contributed by atoms with E-state index in [0.29, 0.717) is 6.61 Å². The van der Waals surface area contributed by atoms with Crippen molar-refractivity contribution in [3.63, 3.8) is 0 Å². The quantitative estimate of drug-likeness (QED) is 0.716. The van der Waals surface area contributed by atoms with E-state index in [1.807, 2.05) is 36.6 Å². The second kappa shape index (κ2) is 8.29. The van der Waals surface area contributed by atoms with E-state index in [4.69, 9.17) is 9.47 Å². The molecule has 24 heavy (non-hydrogen) atoms. The molecule has 2 aromatic rings.